The molecular formula is C11H12ClFO. The first kappa shape index (κ1) is 11.2. The molecule has 14 heavy (non-hydrogen) atoms. The maximum atomic E-state index is 13.1. The van der Waals surface area contributed by atoms with Gasteiger partial charge in [0.25, 0.3) is 0 Å². The van der Waals surface area contributed by atoms with Gasteiger partial charge in [0.15, 0.2) is 0 Å². The molecule has 0 spiro atoms. The van der Waals surface area contributed by atoms with Gasteiger partial charge in [-0.15, -0.1) is 0 Å². The Bertz CT molecular complexity index is 349. The Morgan fingerprint density at radius 1 is 1.57 bits per heavy atom. The predicted molar refractivity (Wildman–Crippen MR) is 55.2 cm³/mol. The Kier molecular flexibility index (Phi) is 3.64. The molecule has 0 saturated heterocycles. The van der Waals surface area contributed by atoms with E-state index in [1.165, 1.54) is 6.07 Å². The van der Waals surface area contributed by atoms with Crippen molar-refractivity contribution in [2.75, 3.05) is 0 Å². The van der Waals surface area contributed by atoms with Gasteiger partial charge in [-0.25, -0.2) is 4.39 Å². The quantitative estimate of drug-likeness (QED) is 0.704. The minimum atomic E-state index is -0.426. The minimum Gasteiger partial charge on any atom is -0.303 e. The van der Waals surface area contributed by atoms with Crippen LogP contribution in [0.4, 0.5) is 4.39 Å². The summed E-state index contributed by atoms with van der Waals surface area (Å²) in [5, 5.41) is 0.138. The van der Waals surface area contributed by atoms with E-state index >= 15 is 0 Å². The first-order valence-corrected chi connectivity index (χ1v) is 4.83. The highest BCUT2D eigenvalue weighted by atomic mass is 35.5. The van der Waals surface area contributed by atoms with E-state index in [1.807, 2.05) is 13.8 Å². The average molecular weight is 215 g/mol. The van der Waals surface area contributed by atoms with Crippen LogP contribution in [-0.2, 0) is 4.79 Å². The van der Waals surface area contributed by atoms with E-state index in [-0.39, 0.29) is 10.9 Å². The second-order valence-electron chi connectivity index (χ2n) is 3.40. The fraction of sp³-hybridized carbons (Fsp3) is 0.364. The van der Waals surface area contributed by atoms with E-state index < -0.39 is 5.82 Å². The van der Waals surface area contributed by atoms with Crippen LogP contribution in [0.15, 0.2) is 12.1 Å². The zero-order valence-electron chi connectivity index (χ0n) is 8.18. The number of benzene rings is 1. The van der Waals surface area contributed by atoms with Crippen LogP contribution < -0.4 is 0 Å². The maximum Gasteiger partial charge on any atom is 0.142 e. The number of aryl methyl sites for hydroxylation is 1. The Labute approximate surface area is 87.9 Å². The van der Waals surface area contributed by atoms with Crippen LogP contribution in [0.1, 0.15) is 30.4 Å². The van der Waals surface area contributed by atoms with Crippen LogP contribution in [0, 0.1) is 12.7 Å². The lowest BCUT2D eigenvalue weighted by Crippen LogP contribution is -2.00. The third-order valence-corrected chi connectivity index (χ3v) is 2.68. The van der Waals surface area contributed by atoms with Gasteiger partial charge < -0.3 is 4.79 Å². The summed E-state index contributed by atoms with van der Waals surface area (Å²) in [5.41, 5.74) is 1.66. The van der Waals surface area contributed by atoms with Crippen molar-refractivity contribution < 1.29 is 9.18 Å². The zero-order valence-corrected chi connectivity index (χ0v) is 8.94. The number of carbonyl (C=O) groups excluding carboxylic acids is 1. The van der Waals surface area contributed by atoms with Crippen LogP contribution >= 0.6 is 11.6 Å². The lowest BCUT2D eigenvalue weighted by molar-refractivity contribution is -0.108. The van der Waals surface area contributed by atoms with Gasteiger partial charge in [0.2, 0.25) is 0 Å². The van der Waals surface area contributed by atoms with Gasteiger partial charge in [-0.2, -0.15) is 0 Å². The van der Waals surface area contributed by atoms with Crippen molar-refractivity contribution in [1.29, 1.82) is 0 Å². The SMILES string of the molecule is Cc1ccc(F)c(Cl)c1C(C)CC=O. The molecule has 0 N–H and O–H groups in total. The molecule has 3 heteroatoms. The summed E-state index contributed by atoms with van der Waals surface area (Å²) in [5.74, 6) is -0.458. The third-order valence-electron chi connectivity index (χ3n) is 2.29. The molecule has 0 amide bonds. The molecule has 1 rings (SSSR count). The average Bonchev–Trinajstić information content (AvgIpc) is 2.13. The summed E-state index contributed by atoms with van der Waals surface area (Å²) in [7, 11) is 0. The van der Waals surface area contributed by atoms with E-state index in [1.54, 1.807) is 6.07 Å². The van der Waals surface area contributed by atoms with Crippen molar-refractivity contribution in [3.63, 3.8) is 0 Å². The van der Waals surface area contributed by atoms with E-state index in [4.69, 9.17) is 11.6 Å². The van der Waals surface area contributed by atoms with Gasteiger partial charge in [-0.05, 0) is 30.0 Å². The molecular weight excluding hydrogens is 203 g/mol. The molecule has 1 nitrogen and oxygen atoms in total. The van der Waals surface area contributed by atoms with Crippen LogP contribution in [0.25, 0.3) is 0 Å². The molecule has 0 aliphatic heterocycles. The monoisotopic (exact) mass is 214 g/mol. The van der Waals surface area contributed by atoms with Crippen LogP contribution in [0.5, 0.6) is 0 Å². The summed E-state index contributed by atoms with van der Waals surface area (Å²) < 4.78 is 13.1. The lowest BCUT2D eigenvalue weighted by Gasteiger charge is -2.14. The second kappa shape index (κ2) is 4.56. The summed E-state index contributed by atoms with van der Waals surface area (Å²) in [6.07, 6.45) is 1.19. The Hall–Kier alpha value is -0.890. The van der Waals surface area contributed by atoms with Crippen molar-refractivity contribution in [1.82, 2.24) is 0 Å². The highest BCUT2D eigenvalue weighted by Crippen LogP contribution is 2.31. The van der Waals surface area contributed by atoms with Gasteiger partial charge in [0.05, 0.1) is 5.02 Å². The van der Waals surface area contributed by atoms with Gasteiger partial charge in [-0.3, -0.25) is 0 Å². The molecule has 0 radical (unpaired) electrons. The molecule has 0 aromatic heterocycles. The van der Waals surface area contributed by atoms with Gasteiger partial charge in [-0.1, -0.05) is 24.6 Å². The van der Waals surface area contributed by atoms with Crippen molar-refractivity contribution in [3.05, 3.63) is 34.1 Å². The molecule has 1 unspecified atom stereocenters. The van der Waals surface area contributed by atoms with Gasteiger partial charge in [0, 0.05) is 6.42 Å². The van der Waals surface area contributed by atoms with Crippen molar-refractivity contribution in [3.8, 4) is 0 Å². The largest absolute Gasteiger partial charge is 0.303 e. The van der Waals surface area contributed by atoms with Gasteiger partial charge >= 0.3 is 0 Å². The molecule has 1 atom stereocenters. The smallest absolute Gasteiger partial charge is 0.142 e. The topological polar surface area (TPSA) is 17.1 Å². The number of halogens is 2. The Morgan fingerprint density at radius 2 is 2.21 bits per heavy atom. The predicted octanol–water partition coefficient (Wildman–Crippen LogP) is 3.48. The van der Waals surface area contributed by atoms with Crippen LogP contribution in [-0.4, -0.2) is 6.29 Å². The van der Waals surface area contributed by atoms with Crippen LogP contribution in [0.3, 0.4) is 0 Å². The molecule has 0 bridgehead atoms. The first-order chi connectivity index (χ1) is 6.57. The van der Waals surface area contributed by atoms with E-state index in [0.29, 0.717) is 6.42 Å². The van der Waals surface area contributed by atoms with Crippen LogP contribution in [0.2, 0.25) is 5.02 Å². The Morgan fingerprint density at radius 3 is 2.79 bits per heavy atom. The fourth-order valence-electron chi connectivity index (χ4n) is 1.53. The van der Waals surface area contributed by atoms with E-state index in [9.17, 15) is 9.18 Å². The lowest BCUT2D eigenvalue weighted by atomic mass is 9.94. The fourth-order valence-corrected chi connectivity index (χ4v) is 1.93. The number of hydrogen-bond donors (Lipinski definition) is 0. The second-order valence-corrected chi connectivity index (χ2v) is 3.77. The van der Waals surface area contributed by atoms with Gasteiger partial charge in [0.1, 0.15) is 12.1 Å². The third kappa shape index (κ3) is 2.13. The number of rotatable bonds is 3. The summed E-state index contributed by atoms with van der Waals surface area (Å²) in [6, 6.07) is 3.02. The van der Waals surface area contributed by atoms with Crippen molar-refractivity contribution >= 4 is 17.9 Å². The molecule has 1 aromatic rings. The van der Waals surface area contributed by atoms with E-state index in [2.05, 4.69) is 0 Å². The molecule has 0 saturated carbocycles. The first-order valence-electron chi connectivity index (χ1n) is 4.46. The zero-order chi connectivity index (χ0) is 10.7. The standard InChI is InChI=1S/C11H12ClFO/c1-7-3-4-9(13)11(12)10(7)8(2)5-6-14/h3-4,6,8H,5H2,1-2H3. The number of carbonyl (C=O) groups is 1. The Balaban J connectivity index is 3.17. The molecule has 0 aliphatic carbocycles. The van der Waals surface area contributed by atoms with Crippen molar-refractivity contribution in [2.24, 2.45) is 0 Å². The number of hydrogen-bond acceptors (Lipinski definition) is 1. The highest BCUT2D eigenvalue weighted by molar-refractivity contribution is 6.31. The molecule has 0 heterocycles. The van der Waals surface area contributed by atoms with Crippen molar-refractivity contribution in [2.45, 2.75) is 26.2 Å². The van der Waals surface area contributed by atoms with E-state index in [0.717, 1.165) is 17.4 Å². The maximum absolute atomic E-state index is 13.1. The summed E-state index contributed by atoms with van der Waals surface area (Å²) in [6.45, 7) is 3.73. The highest BCUT2D eigenvalue weighted by Gasteiger charge is 2.15. The normalized spacial score (nSPS) is 12.6. The molecule has 1 aromatic carbocycles. The summed E-state index contributed by atoms with van der Waals surface area (Å²) >= 11 is 5.84. The summed E-state index contributed by atoms with van der Waals surface area (Å²) in [4.78, 5) is 10.4. The molecule has 0 aliphatic rings. The number of aldehydes is 1. The molecule has 0 fully saturated rings. The molecule has 76 valence electrons. The minimum absolute atomic E-state index is 0.0318.